The van der Waals surface area contributed by atoms with Gasteiger partial charge in [-0.1, -0.05) is 30.3 Å². The molecule has 1 aromatic rings. The zero-order valence-electron chi connectivity index (χ0n) is 10.8. The van der Waals surface area contributed by atoms with Gasteiger partial charge in [0.25, 0.3) is 0 Å². The van der Waals surface area contributed by atoms with Gasteiger partial charge in [-0.3, -0.25) is 9.63 Å². The first-order valence-corrected chi connectivity index (χ1v) is 6.43. The zero-order chi connectivity index (χ0) is 13.5. The molecular weight excluding hydrogens is 246 g/mol. The smallest absolute Gasteiger partial charge is 0.325 e. The lowest BCUT2D eigenvalue weighted by molar-refractivity contribution is -0.253. The number of ether oxygens (including phenoxy) is 1. The van der Waals surface area contributed by atoms with E-state index < -0.39 is 11.6 Å². The Bertz CT molecular complexity index is 478. The predicted molar refractivity (Wildman–Crippen MR) is 67.0 cm³/mol. The number of fused-ring (bicyclic) bond motifs is 1. The third-order valence-corrected chi connectivity index (χ3v) is 3.74. The highest BCUT2D eigenvalue weighted by molar-refractivity contribution is 5.77. The number of carbonyl (C=O) groups is 1. The number of hydrogen-bond donors (Lipinski definition) is 1. The van der Waals surface area contributed by atoms with Crippen LogP contribution in [0.5, 0.6) is 0 Å². The summed E-state index contributed by atoms with van der Waals surface area (Å²) in [6.07, 6.45) is 0.450. The molecule has 3 atom stereocenters. The number of aliphatic hydroxyl groups excluding tert-OH is 1. The summed E-state index contributed by atoms with van der Waals surface area (Å²) in [7, 11) is 0. The van der Waals surface area contributed by atoms with Crippen LogP contribution in [0.25, 0.3) is 0 Å². The number of morpholine rings is 1. The van der Waals surface area contributed by atoms with Crippen LogP contribution in [0.1, 0.15) is 24.9 Å². The van der Waals surface area contributed by atoms with Gasteiger partial charge in [-0.15, -0.1) is 0 Å². The predicted octanol–water partition coefficient (Wildman–Crippen LogP) is 1.04. The molecule has 5 heteroatoms. The molecule has 0 radical (unpaired) electrons. The first-order valence-electron chi connectivity index (χ1n) is 6.43. The Hall–Kier alpha value is -1.43. The molecule has 0 aromatic heterocycles. The molecule has 0 unspecified atom stereocenters. The van der Waals surface area contributed by atoms with Gasteiger partial charge in [0.15, 0.2) is 0 Å². The van der Waals surface area contributed by atoms with E-state index >= 15 is 0 Å². The molecule has 2 fully saturated rings. The van der Waals surface area contributed by atoms with E-state index in [1.165, 1.54) is 0 Å². The Balaban J connectivity index is 1.90. The van der Waals surface area contributed by atoms with E-state index in [0.717, 1.165) is 5.56 Å². The van der Waals surface area contributed by atoms with Crippen LogP contribution in [0.15, 0.2) is 30.3 Å². The average Bonchev–Trinajstić information content (AvgIpc) is 2.80. The minimum atomic E-state index is -0.707. The molecule has 3 rings (SSSR count). The van der Waals surface area contributed by atoms with Gasteiger partial charge in [0.05, 0.1) is 12.6 Å². The molecule has 1 aromatic carbocycles. The maximum Gasteiger partial charge on any atom is 0.325 e. The van der Waals surface area contributed by atoms with E-state index in [1.807, 2.05) is 30.3 Å². The third-order valence-electron chi connectivity index (χ3n) is 3.74. The highest BCUT2D eigenvalue weighted by Crippen LogP contribution is 2.40. The van der Waals surface area contributed by atoms with Gasteiger partial charge in [0, 0.05) is 6.42 Å². The van der Waals surface area contributed by atoms with Crippen molar-refractivity contribution in [2.24, 2.45) is 0 Å². The average molecular weight is 263 g/mol. The SMILES string of the molecule is C[C@]1(CO)C[C@H]2C(=O)OC[C@H](c3ccccc3)N2O1. The number of hydrogen-bond acceptors (Lipinski definition) is 5. The largest absolute Gasteiger partial charge is 0.462 e. The van der Waals surface area contributed by atoms with E-state index in [-0.39, 0.29) is 25.2 Å². The molecule has 1 N–H and O–H groups in total. The first-order chi connectivity index (χ1) is 9.13. The lowest BCUT2D eigenvalue weighted by atomic mass is 9.97. The van der Waals surface area contributed by atoms with Crippen molar-refractivity contribution in [1.29, 1.82) is 0 Å². The molecule has 2 heterocycles. The molecule has 0 amide bonds. The molecule has 0 saturated carbocycles. The molecule has 0 aliphatic carbocycles. The summed E-state index contributed by atoms with van der Waals surface area (Å²) in [5, 5.41) is 11.1. The molecule has 2 aliphatic heterocycles. The zero-order valence-corrected chi connectivity index (χ0v) is 10.8. The second kappa shape index (κ2) is 4.59. The highest BCUT2D eigenvalue weighted by Gasteiger charge is 2.51. The summed E-state index contributed by atoms with van der Waals surface area (Å²) in [4.78, 5) is 17.7. The van der Waals surface area contributed by atoms with Crippen molar-refractivity contribution < 1.29 is 19.5 Å². The Morgan fingerprint density at radius 2 is 2.11 bits per heavy atom. The second-order valence-corrected chi connectivity index (χ2v) is 5.34. The standard InChI is InChI=1S/C14H17NO4/c1-14(9-16)7-11-13(17)18-8-12(15(11)19-14)10-5-3-2-4-6-10/h2-6,11-12,16H,7-9H2,1H3/t11-,12+,14+/m0/s1. The summed E-state index contributed by atoms with van der Waals surface area (Å²) < 4.78 is 5.25. The van der Waals surface area contributed by atoms with Gasteiger partial charge in [-0.2, -0.15) is 5.06 Å². The van der Waals surface area contributed by atoms with Crippen LogP contribution in [0.3, 0.4) is 0 Å². The van der Waals surface area contributed by atoms with Crippen LogP contribution in [-0.2, 0) is 14.4 Å². The van der Waals surface area contributed by atoms with Crippen molar-refractivity contribution in [2.75, 3.05) is 13.2 Å². The Morgan fingerprint density at radius 3 is 2.79 bits per heavy atom. The molecule has 2 aliphatic rings. The van der Waals surface area contributed by atoms with Gasteiger partial charge in [0.1, 0.15) is 18.2 Å². The number of nitrogens with zero attached hydrogens (tertiary/aromatic N) is 1. The summed E-state index contributed by atoms with van der Waals surface area (Å²) in [5.41, 5.74) is 0.336. The van der Waals surface area contributed by atoms with Gasteiger partial charge >= 0.3 is 5.97 Å². The molecule has 5 nitrogen and oxygen atoms in total. The summed E-state index contributed by atoms with van der Waals surface area (Å²) in [6, 6.07) is 9.26. The number of carbonyl (C=O) groups excluding carboxylic acids is 1. The number of esters is 1. The van der Waals surface area contributed by atoms with Crippen LogP contribution < -0.4 is 0 Å². The number of rotatable bonds is 2. The highest BCUT2D eigenvalue weighted by atomic mass is 16.7. The van der Waals surface area contributed by atoms with Crippen molar-refractivity contribution in [2.45, 2.75) is 31.0 Å². The van der Waals surface area contributed by atoms with E-state index in [0.29, 0.717) is 6.42 Å². The van der Waals surface area contributed by atoms with E-state index in [9.17, 15) is 9.90 Å². The maximum absolute atomic E-state index is 11.8. The number of aliphatic hydroxyl groups is 1. The van der Waals surface area contributed by atoms with Crippen molar-refractivity contribution in [3.8, 4) is 0 Å². The van der Waals surface area contributed by atoms with Crippen LogP contribution in [-0.4, -0.2) is 41.0 Å². The Morgan fingerprint density at radius 1 is 1.37 bits per heavy atom. The van der Waals surface area contributed by atoms with Gasteiger partial charge < -0.3 is 9.84 Å². The minimum Gasteiger partial charge on any atom is -0.462 e. The topological polar surface area (TPSA) is 59.0 Å². The van der Waals surface area contributed by atoms with Gasteiger partial charge in [-0.05, 0) is 12.5 Å². The van der Waals surface area contributed by atoms with Gasteiger partial charge in [-0.25, -0.2) is 0 Å². The maximum atomic E-state index is 11.8. The lowest BCUT2D eigenvalue weighted by Gasteiger charge is -2.35. The number of cyclic esters (lactones) is 1. The summed E-state index contributed by atoms with van der Waals surface area (Å²) >= 11 is 0. The number of hydroxylamine groups is 2. The van der Waals surface area contributed by atoms with E-state index in [1.54, 1.807) is 12.0 Å². The fourth-order valence-corrected chi connectivity index (χ4v) is 2.66. The van der Waals surface area contributed by atoms with E-state index in [4.69, 9.17) is 9.57 Å². The van der Waals surface area contributed by atoms with Crippen molar-refractivity contribution in [1.82, 2.24) is 5.06 Å². The second-order valence-electron chi connectivity index (χ2n) is 5.34. The van der Waals surface area contributed by atoms with Crippen molar-refractivity contribution >= 4 is 5.97 Å². The van der Waals surface area contributed by atoms with Crippen LogP contribution in [0.4, 0.5) is 0 Å². The van der Waals surface area contributed by atoms with Crippen molar-refractivity contribution in [3.05, 3.63) is 35.9 Å². The molecule has 2 saturated heterocycles. The fourth-order valence-electron chi connectivity index (χ4n) is 2.66. The number of benzene rings is 1. The van der Waals surface area contributed by atoms with E-state index in [2.05, 4.69) is 0 Å². The summed E-state index contributed by atoms with van der Waals surface area (Å²) in [6.45, 7) is 1.97. The Kier molecular flexibility index (Phi) is 3.05. The normalized spacial score (nSPS) is 34.9. The fraction of sp³-hybridized carbons (Fsp3) is 0.500. The minimum absolute atomic E-state index is 0.114. The summed E-state index contributed by atoms with van der Waals surface area (Å²) in [5.74, 6) is -0.274. The molecule has 19 heavy (non-hydrogen) atoms. The molecule has 0 bridgehead atoms. The first kappa shape index (κ1) is 12.6. The molecular formula is C14H17NO4. The van der Waals surface area contributed by atoms with Gasteiger partial charge in [0.2, 0.25) is 0 Å². The van der Waals surface area contributed by atoms with Crippen LogP contribution in [0.2, 0.25) is 0 Å². The van der Waals surface area contributed by atoms with Crippen LogP contribution in [0, 0.1) is 0 Å². The van der Waals surface area contributed by atoms with Crippen LogP contribution >= 0.6 is 0 Å². The monoisotopic (exact) mass is 263 g/mol. The molecule has 0 spiro atoms. The quantitative estimate of drug-likeness (QED) is 0.808. The third kappa shape index (κ3) is 2.14. The van der Waals surface area contributed by atoms with Crippen molar-refractivity contribution in [3.63, 3.8) is 0 Å². The lowest BCUT2D eigenvalue weighted by Crippen LogP contribution is -2.46. The molecule has 102 valence electrons. The Labute approximate surface area is 111 Å².